The lowest BCUT2D eigenvalue weighted by atomic mass is 9.83. The van der Waals surface area contributed by atoms with Gasteiger partial charge in [-0.05, 0) is 48.9 Å². The van der Waals surface area contributed by atoms with Crippen molar-refractivity contribution in [2.45, 2.75) is 29.7 Å². The molecule has 1 aromatic heterocycles. The van der Waals surface area contributed by atoms with Gasteiger partial charge in [0.15, 0.2) is 11.5 Å². The van der Waals surface area contributed by atoms with E-state index in [-0.39, 0.29) is 40.6 Å². The average Bonchev–Trinajstić information content (AvgIpc) is 3.41. The zero-order chi connectivity index (χ0) is 28.8. The van der Waals surface area contributed by atoms with Crippen molar-refractivity contribution < 1.29 is 29.0 Å². The van der Waals surface area contributed by atoms with E-state index >= 15 is 0 Å². The van der Waals surface area contributed by atoms with Crippen molar-refractivity contribution in [3.05, 3.63) is 67.0 Å². The van der Waals surface area contributed by atoms with Crippen LogP contribution in [0.2, 0.25) is 0 Å². The van der Waals surface area contributed by atoms with Crippen molar-refractivity contribution in [1.82, 2.24) is 9.47 Å². The number of phenolic OH excluding ortho intramolecular Hbond substituents is 1. The number of aromatic hydroxyl groups is 1. The van der Waals surface area contributed by atoms with E-state index in [9.17, 15) is 24.3 Å². The normalized spacial score (nSPS) is 22.0. The molecule has 3 aliphatic heterocycles. The molecule has 4 heterocycles. The Kier molecular flexibility index (Phi) is 7.70. The summed E-state index contributed by atoms with van der Waals surface area (Å²) in [6.45, 7) is 3.72. The molecule has 13 heteroatoms. The van der Waals surface area contributed by atoms with Crippen LogP contribution < -0.4 is 14.5 Å². The molecule has 3 aliphatic rings. The maximum absolute atomic E-state index is 14.0. The Balaban J connectivity index is 1.45. The fraction of sp³-hybridized carbons (Fsp3) is 0.357. The van der Waals surface area contributed by atoms with Crippen molar-refractivity contribution >= 4 is 62.4 Å². The number of morpholine rings is 1. The molecule has 214 valence electrons. The third-order valence-electron chi connectivity index (χ3n) is 7.43. The fourth-order valence-corrected chi connectivity index (χ4v) is 8.54. The predicted molar refractivity (Wildman–Crippen MR) is 157 cm³/mol. The smallest absolute Gasteiger partial charge is 0.308 e. The van der Waals surface area contributed by atoms with Crippen molar-refractivity contribution in [2.75, 3.05) is 37.8 Å². The van der Waals surface area contributed by atoms with E-state index in [1.54, 1.807) is 48.2 Å². The molecule has 3 unspecified atom stereocenters. The van der Waals surface area contributed by atoms with Crippen molar-refractivity contribution in [3.8, 4) is 11.5 Å². The van der Waals surface area contributed by atoms with E-state index in [0.717, 1.165) is 15.8 Å². The number of halogens is 1. The number of amides is 3. The number of thiazole rings is 1. The Morgan fingerprint density at radius 1 is 1.10 bits per heavy atom. The molecule has 2 saturated heterocycles. The molecule has 10 nitrogen and oxygen atoms in total. The first kappa shape index (κ1) is 28.0. The van der Waals surface area contributed by atoms with Crippen LogP contribution in [0.4, 0.5) is 5.69 Å². The van der Waals surface area contributed by atoms with Gasteiger partial charge in [-0.15, -0.1) is 0 Å². The third kappa shape index (κ3) is 4.98. The lowest BCUT2D eigenvalue weighted by Crippen LogP contribution is -2.43. The van der Waals surface area contributed by atoms with Crippen molar-refractivity contribution in [1.29, 1.82) is 0 Å². The molecule has 1 N–H and O–H groups in total. The number of hydrogen-bond donors (Lipinski definition) is 1. The van der Waals surface area contributed by atoms with Crippen LogP contribution in [-0.4, -0.2) is 70.5 Å². The number of carbonyl (C=O) groups is 3. The number of ether oxygens (including phenoxy) is 2. The Bertz CT molecular complexity index is 1580. The number of carbonyl (C=O) groups excluding carboxylic acids is 3. The molecule has 3 aromatic rings. The predicted octanol–water partition coefficient (Wildman–Crippen LogP) is 3.43. The van der Waals surface area contributed by atoms with E-state index in [1.165, 1.54) is 27.3 Å². The molecule has 0 spiro atoms. The van der Waals surface area contributed by atoms with Gasteiger partial charge in [0.25, 0.3) is 0 Å². The minimum absolute atomic E-state index is 0.0512. The van der Waals surface area contributed by atoms with Crippen LogP contribution in [0.5, 0.6) is 11.5 Å². The van der Waals surface area contributed by atoms with Crippen LogP contribution in [0, 0.1) is 5.92 Å². The highest BCUT2D eigenvalue weighted by atomic mass is 79.9. The van der Waals surface area contributed by atoms with E-state index in [2.05, 4.69) is 15.9 Å². The number of rotatable bonds is 6. The van der Waals surface area contributed by atoms with E-state index in [4.69, 9.17) is 9.47 Å². The highest BCUT2D eigenvalue weighted by Gasteiger charge is 2.57. The van der Waals surface area contributed by atoms with Gasteiger partial charge < -0.3 is 19.5 Å². The summed E-state index contributed by atoms with van der Waals surface area (Å²) in [5.74, 6) is -2.22. The van der Waals surface area contributed by atoms with Gasteiger partial charge in [0.05, 0.1) is 36.5 Å². The van der Waals surface area contributed by atoms with Crippen molar-refractivity contribution in [3.63, 3.8) is 0 Å². The molecule has 0 bridgehead atoms. The number of anilines is 1. The largest absolute Gasteiger partial charge is 0.504 e. The first-order chi connectivity index (χ1) is 19.8. The van der Waals surface area contributed by atoms with Gasteiger partial charge in [-0.1, -0.05) is 45.1 Å². The van der Waals surface area contributed by atoms with Gasteiger partial charge in [-0.2, -0.15) is 0 Å². The number of imide groups is 1. The van der Waals surface area contributed by atoms with E-state index in [0.29, 0.717) is 54.1 Å². The molecule has 0 saturated carbocycles. The summed E-state index contributed by atoms with van der Waals surface area (Å²) < 4.78 is 13.2. The SMILES string of the molecule is CCOc1cc(C2c3sc(=O)n(CC(=O)N4CCOCC4)c3SC3C(=O)N(c4ccc(Br)cc4)C(=O)C32)ccc1O. The quantitative estimate of drug-likeness (QED) is 0.400. The molecule has 41 heavy (non-hydrogen) atoms. The Morgan fingerprint density at radius 3 is 2.54 bits per heavy atom. The first-order valence-corrected chi connectivity index (χ1v) is 15.6. The van der Waals surface area contributed by atoms with Gasteiger partial charge >= 0.3 is 4.87 Å². The molecule has 3 atom stereocenters. The minimum Gasteiger partial charge on any atom is -0.504 e. The summed E-state index contributed by atoms with van der Waals surface area (Å²) in [7, 11) is 0. The maximum Gasteiger partial charge on any atom is 0.308 e. The molecule has 2 fully saturated rings. The Hall–Kier alpha value is -3.13. The van der Waals surface area contributed by atoms with E-state index < -0.39 is 17.1 Å². The summed E-state index contributed by atoms with van der Waals surface area (Å²) in [6, 6.07) is 11.8. The molecular formula is C28H26BrN3O7S2. The van der Waals surface area contributed by atoms with Gasteiger partial charge in [0.2, 0.25) is 17.7 Å². The van der Waals surface area contributed by atoms with Crippen LogP contribution in [0.1, 0.15) is 23.3 Å². The summed E-state index contributed by atoms with van der Waals surface area (Å²) >= 11 is 5.55. The Morgan fingerprint density at radius 2 is 1.83 bits per heavy atom. The number of fused-ring (bicyclic) bond motifs is 2. The maximum atomic E-state index is 14.0. The zero-order valence-corrected chi connectivity index (χ0v) is 25.2. The lowest BCUT2D eigenvalue weighted by molar-refractivity contribution is -0.136. The highest BCUT2D eigenvalue weighted by Crippen LogP contribution is 2.54. The first-order valence-electron chi connectivity index (χ1n) is 13.1. The summed E-state index contributed by atoms with van der Waals surface area (Å²) in [5.41, 5.74) is 1.09. The second kappa shape index (κ2) is 11.3. The summed E-state index contributed by atoms with van der Waals surface area (Å²) in [4.78, 5) is 57.6. The summed E-state index contributed by atoms with van der Waals surface area (Å²) in [6.07, 6.45) is 0. The van der Waals surface area contributed by atoms with E-state index in [1.807, 2.05) is 0 Å². The van der Waals surface area contributed by atoms with Crippen LogP contribution in [0.15, 0.2) is 56.8 Å². The van der Waals surface area contributed by atoms with Crippen LogP contribution in [0.3, 0.4) is 0 Å². The number of phenols is 1. The second-order valence-corrected chi connectivity index (χ2v) is 12.8. The van der Waals surface area contributed by atoms with Crippen LogP contribution in [0.25, 0.3) is 0 Å². The molecule has 6 rings (SSSR count). The monoisotopic (exact) mass is 659 g/mol. The van der Waals surface area contributed by atoms with Gasteiger partial charge in [0, 0.05) is 28.4 Å². The third-order valence-corrected chi connectivity index (χ3v) is 10.6. The van der Waals surface area contributed by atoms with Crippen molar-refractivity contribution in [2.24, 2.45) is 5.92 Å². The van der Waals surface area contributed by atoms with Gasteiger partial charge in [-0.3, -0.25) is 23.7 Å². The van der Waals surface area contributed by atoms with Crippen LogP contribution in [-0.2, 0) is 25.7 Å². The topological polar surface area (TPSA) is 118 Å². The second-order valence-electron chi connectivity index (χ2n) is 9.81. The Labute approximate surface area is 252 Å². The summed E-state index contributed by atoms with van der Waals surface area (Å²) in [5, 5.41) is 10.1. The van der Waals surface area contributed by atoms with Gasteiger partial charge in [0.1, 0.15) is 11.8 Å². The number of aromatic nitrogens is 1. The number of nitrogens with zero attached hydrogens (tertiary/aromatic N) is 3. The average molecular weight is 661 g/mol. The minimum atomic E-state index is -0.813. The molecule has 0 radical (unpaired) electrons. The number of thioether (sulfide) groups is 1. The number of benzene rings is 2. The number of hydrogen-bond acceptors (Lipinski definition) is 9. The lowest BCUT2D eigenvalue weighted by Gasteiger charge is -2.31. The molecule has 2 aromatic carbocycles. The fourth-order valence-electron chi connectivity index (χ4n) is 5.50. The zero-order valence-electron chi connectivity index (χ0n) is 21.9. The highest BCUT2D eigenvalue weighted by molar-refractivity contribution is 9.10. The van der Waals surface area contributed by atoms with Crippen LogP contribution >= 0.6 is 39.0 Å². The molecule has 0 aliphatic carbocycles. The van der Waals surface area contributed by atoms with Gasteiger partial charge in [-0.25, -0.2) is 4.90 Å². The molecule has 3 amide bonds. The molecular weight excluding hydrogens is 634 g/mol. The standard InChI is InChI=1S/C28H26BrN3O7S2/c1-2-39-19-13-15(3-8-18(19)33)21-22-23(26(36)32(25(22)35)17-6-4-16(29)5-7-17)40-27-24(21)41-28(37)31(27)14-20(34)30-9-11-38-12-10-30/h3-8,13,21-23,33H,2,9-12,14H2,1H3.